The molecule has 0 atom stereocenters. The van der Waals surface area contributed by atoms with Crippen LogP contribution < -0.4 is 0 Å². The van der Waals surface area contributed by atoms with E-state index < -0.39 is 23.6 Å². The minimum absolute atomic E-state index is 0.180. The Kier molecular flexibility index (Phi) is 6.57. The highest BCUT2D eigenvalue weighted by Gasteiger charge is 2.31. The Morgan fingerprint density at radius 2 is 1.76 bits per heavy atom. The number of alkyl halides is 3. The molecule has 1 fully saturated rings. The maximum Gasteiger partial charge on any atom is 0.416 e. The fraction of sp³-hybridized carbons (Fsp3) is 0.333. The molecule has 0 bridgehead atoms. The Morgan fingerprint density at radius 1 is 1.09 bits per heavy atom. The number of carbonyl (C=O) groups is 2. The largest absolute Gasteiger partial charge is 0.481 e. The average Bonchev–Trinajstić information content (AvgIpc) is 3.10. The van der Waals surface area contributed by atoms with Crippen LogP contribution in [0.15, 0.2) is 36.4 Å². The van der Waals surface area contributed by atoms with Crippen LogP contribution in [0.25, 0.3) is 10.9 Å². The van der Waals surface area contributed by atoms with E-state index in [2.05, 4.69) is 0 Å². The Bertz CT molecular complexity index is 1280. The number of hydrogen-bond donors (Lipinski definition) is 1. The molecule has 1 aliphatic rings. The lowest BCUT2D eigenvalue weighted by atomic mass is 9.96. The van der Waals surface area contributed by atoms with E-state index in [1.807, 2.05) is 0 Å². The molecule has 1 aromatic heterocycles. The van der Waals surface area contributed by atoms with Crippen molar-refractivity contribution < 1.29 is 27.9 Å². The van der Waals surface area contributed by atoms with Gasteiger partial charge in [0.05, 0.1) is 22.1 Å². The molecular weight excluding hydrogens is 492 g/mol. The van der Waals surface area contributed by atoms with Crippen LogP contribution in [0.5, 0.6) is 0 Å². The number of piperidine rings is 1. The summed E-state index contributed by atoms with van der Waals surface area (Å²) in [5.41, 5.74) is 1.13. The standard InChI is InChI=1S/C24H21Cl2F3N2O3/c1-30-16(10-14-2-3-15(11-20(14)30)24(27,28)29)12-18-19(25)5-4-17(21(18)26)22(32)31-8-6-13(7-9-31)23(33)34/h2-5,10-11,13H,6-9,12H2,1H3,(H,33,34). The number of carboxylic acid groups (broad SMARTS) is 1. The molecule has 2 aromatic carbocycles. The van der Waals surface area contributed by atoms with Crippen molar-refractivity contribution in [2.75, 3.05) is 13.1 Å². The summed E-state index contributed by atoms with van der Waals surface area (Å²) in [7, 11) is 1.67. The van der Waals surface area contributed by atoms with Crippen molar-refractivity contribution in [2.24, 2.45) is 13.0 Å². The van der Waals surface area contributed by atoms with Crippen LogP contribution in [-0.2, 0) is 24.4 Å². The SMILES string of the molecule is Cn1c(Cc2c(Cl)ccc(C(=O)N3CCC(C(=O)O)CC3)c2Cl)cc2ccc(C(F)(F)F)cc21. The molecule has 0 saturated carbocycles. The van der Waals surface area contributed by atoms with Gasteiger partial charge in [0, 0.05) is 42.8 Å². The first kappa shape index (κ1) is 24.4. The fourth-order valence-corrected chi connectivity index (χ4v) is 4.92. The maximum atomic E-state index is 13.1. The monoisotopic (exact) mass is 512 g/mol. The summed E-state index contributed by atoms with van der Waals surface area (Å²) in [6, 6.07) is 8.45. The second kappa shape index (κ2) is 9.15. The lowest BCUT2D eigenvalue weighted by molar-refractivity contribution is -0.143. The summed E-state index contributed by atoms with van der Waals surface area (Å²) < 4.78 is 41.1. The molecule has 1 N–H and O–H groups in total. The topological polar surface area (TPSA) is 62.5 Å². The molecule has 1 saturated heterocycles. The van der Waals surface area contributed by atoms with Crippen molar-refractivity contribution in [1.82, 2.24) is 9.47 Å². The average molecular weight is 513 g/mol. The predicted molar refractivity (Wildman–Crippen MR) is 123 cm³/mol. The maximum absolute atomic E-state index is 13.1. The van der Waals surface area contributed by atoms with Crippen LogP contribution in [0, 0.1) is 5.92 Å². The number of rotatable bonds is 4. The summed E-state index contributed by atoms with van der Waals surface area (Å²) in [6.45, 7) is 0.629. The third kappa shape index (κ3) is 4.61. The lowest BCUT2D eigenvalue weighted by Crippen LogP contribution is -2.40. The molecule has 0 aliphatic carbocycles. The van der Waals surface area contributed by atoms with Gasteiger partial charge in [-0.25, -0.2) is 0 Å². The molecule has 0 radical (unpaired) electrons. The summed E-state index contributed by atoms with van der Waals surface area (Å²) in [5, 5.41) is 10.3. The number of aryl methyl sites for hydroxylation is 1. The van der Waals surface area contributed by atoms with Crippen LogP contribution in [0.4, 0.5) is 13.2 Å². The van der Waals surface area contributed by atoms with Crippen LogP contribution in [-0.4, -0.2) is 39.5 Å². The van der Waals surface area contributed by atoms with Gasteiger partial charge in [0.1, 0.15) is 0 Å². The molecule has 3 aromatic rings. The molecule has 0 unspecified atom stereocenters. The first-order valence-corrected chi connectivity index (χ1v) is 11.4. The number of hydrogen-bond acceptors (Lipinski definition) is 2. The molecule has 0 spiro atoms. The van der Waals surface area contributed by atoms with E-state index in [0.717, 1.165) is 12.1 Å². The van der Waals surface area contributed by atoms with Crippen LogP contribution in [0.2, 0.25) is 10.0 Å². The zero-order valence-electron chi connectivity index (χ0n) is 18.1. The van der Waals surface area contributed by atoms with Crippen molar-refractivity contribution >= 4 is 46.0 Å². The van der Waals surface area contributed by atoms with Gasteiger partial charge in [-0.2, -0.15) is 13.2 Å². The quantitative estimate of drug-likeness (QED) is 0.464. The Morgan fingerprint density at radius 3 is 2.38 bits per heavy atom. The molecule has 4 rings (SSSR count). The minimum atomic E-state index is -4.45. The van der Waals surface area contributed by atoms with Crippen molar-refractivity contribution in [2.45, 2.75) is 25.4 Å². The molecule has 5 nitrogen and oxygen atoms in total. The number of amides is 1. The van der Waals surface area contributed by atoms with E-state index >= 15 is 0 Å². The number of halogens is 5. The summed E-state index contributed by atoms with van der Waals surface area (Å²) >= 11 is 13.0. The molecule has 10 heteroatoms. The molecule has 180 valence electrons. The lowest BCUT2D eigenvalue weighted by Gasteiger charge is -2.30. The minimum Gasteiger partial charge on any atom is -0.481 e. The number of benzene rings is 2. The Labute approximate surface area is 203 Å². The predicted octanol–water partition coefficient (Wildman–Crippen LogP) is 6.03. The molecule has 2 heterocycles. The van der Waals surface area contributed by atoms with Gasteiger partial charge in [-0.05, 0) is 54.1 Å². The summed E-state index contributed by atoms with van der Waals surface area (Å²) in [4.78, 5) is 25.8. The van der Waals surface area contributed by atoms with E-state index in [-0.39, 0.29) is 22.9 Å². The number of carboxylic acids is 1. The summed E-state index contributed by atoms with van der Waals surface area (Å²) in [6.07, 6.45) is -3.49. The highest BCUT2D eigenvalue weighted by atomic mass is 35.5. The first-order valence-electron chi connectivity index (χ1n) is 10.6. The van der Waals surface area contributed by atoms with Gasteiger partial charge >= 0.3 is 12.1 Å². The molecule has 1 aliphatic heterocycles. The highest BCUT2D eigenvalue weighted by molar-refractivity contribution is 6.38. The zero-order valence-corrected chi connectivity index (χ0v) is 19.6. The Hall–Kier alpha value is -2.71. The van der Waals surface area contributed by atoms with E-state index in [1.165, 1.54) is 12.1 Å². The van der Waals surface area contributed by atoms with E-state index in [4.69, 9.17) is 28.3 Å². The summed E-state index contributed by atoms with van der Waals surface area (Å²) in [5.74, 6) is -1.64. The van der Waals surface area contributed by atoms with Crippen molar-refractivity contribution in [3.63, 3.8) is 0 Å². The first-order chi connectivity index (χ1) is 16.0. The number of fused-ring (bicyclic) bond motifs is 1. The number of likely N-dealkylation sites (tertiary alicyclic amines) is 1. The van der Waals surface area contributed by atoms with Gasteiger partial charge in [-0.15, -0.1) is 0 Å². The van der Waals surface area contributed by atoms with Gasteiger partial charge in [0.25, 0.3) is 5.91 Å². The van der Waals surface area contributed by atoms with Crippen LogP contribution >= 0.6 is 23.2 Å². The third-order valence-electron chi connectivity index (χ3n) is 6.38. The van der Waals surface area contributed by atoms with E-state index in [9.17, 15) is 22.8 Å². The Balaban J connectivity index is 1.63. The van der Waals surface area contributed by atoms with Crippen LogP contribution in [0.3, 0.4) is 0 Å². The highest BCUT2D eigenvalue weighted by Crippen LogP contribution is 2.35. The third-order valence-corrected chi connectivity index (χ3v) is 7.16. The van der Waals surface area contributed by atoms with Gasteiger partial charge < -0.3 is 14.6 Å². The number of aliphatic carboxylic acids is 1. The smallest absolute Gasteiger partial charge is 0.416 e. The van der Waals surface area contributed by atoms with E-state index in [1.54, 1.807) is 28.6 Å². The zero-order chi connectivity index (χ0) is 24.8. The second-order valence-corrected chi connectivity index (χ2v) is 9.22. The van der Waals surface area contributed by atoms with Gasteiger partial charge in [-0.3, -0.25) is 9.59 Å². The van der Waals surface area contributed by atoms with Crippen LogP contribution in [0.1, 0.15) is 40.0 Å². The van der Waals surface area contributed by atoms with Gasteiger partial charge in [-0.1, -0.05) is 29.3 Å². The number of aromatic nitrogens is 1. The fourth-order valence-electron chi connectivity index (χ4n) is 4.34. The van der Waals surface area contributed by atoms with Crippen molar-refractivity contribution in [3.8, 4) is 0 Å². The normalized spacial score (nSPS) is 15.2. The van der Waals surface area contributed by atoms with Gasteiger partial charge in [0.15, 0.2) is 0 Å². The van der Waals surface area contributed by atoms with Crippen molar-refractivity contribution in [3.05, 3.63) is 68.8 Å². The number of nitrogens with zero attached hydrogens (tertiary/aromatic N) is 2. The molecular formula is C24H21Cl2F3N2O3. The second-order valence-electron chi connectivity index (χ2n) is 8.44. The van der Waals surface area contributed by atoms with Gasteiger partial charge in [0.2, 0.25) is 0 Å². The van der Waals surface area contributed by atoms with Crippen molar-refractivity contribution in [1.29, 1.82) is 0 Å². The molecule has 34 heavy (non-hydrogen) atoms. The van der Waals surface area contributed by atoms with E-state index in [0.29, 0.717) is 53.1 Å². The number of carbonyl (C=O) groups excluding carboxylic acids is 1. The molecule has 1 amide bonds.